The zero-order valence-electron chi connectivity index (χ0n) is 24.5. The standard InChI is InChI=1S/C33H38N6O4/c1-33(2,34-18-25(41)21-40)17-31(42)36-28-16-15-24-7-3-6-10-30(24)39(32(28)43)20-22-11-13-23(14-12-22)26-8-4-5-9-27(26)29-19-35-38-37-29/h3-14,19,25,28,34,40-41H,15-18,20-21H2,1-2H3,(H,36,42)(H,35,37,38)/t25-,28+/m0/s1. The smallest absolute Gasteiger partial charge is 0.249 e. The number of nitrogens with one attached hydrogen (secondary N) is 3. The number of rotatable bonds is 11. The molecule has 0 bridgehead atoms. The van der Waals surface area contributed by atoms with Crippen LogP contribution in [0, 0.1) is 0 Å². The lowest BCUT2D eigenvalue weighted by atomic mass is 9.97. The van der Waals surface area contributed by atoms with Gasteiger partial charge in [0.25, 0.3) is 0 Å². The van der Waals surface area contributed by atoms with Gasteiger partial charge in [-0.2, -0.15) is 15.4 Å². The molecule has 4 aromatic rings. The number of β-amino-alcohol motifs (C(OH)–C–C–N with tert-alkyl or cyclic N) is 1. The van der Waals surface area contributed by atoms with Crippen molar-refractivity contribution in [3.05, 3.63) is 90.1 Å². The SMILES string of the molecule is CC(C)(CC(=O)N[C@@H]1CCc2ccccc2N(Cc2ccc(-c3ccccc3-c3cn[nH]n3)cc2)C1=O)NC[C@H](O)CO. The summed E-state index contributed by atoms with van der Waals surface area (Å²) in [6, 6.07) is 23.4. The maximum Gasteiger partial charge on any atom is 0.249 e. The molecule has 5 rings (SSSR count). The number of fused-ring (bicyclic) bond motifs is 1. The lowest BCUT2D eigenvalue weighted by Crippen LogP contribution is -2.51. The molecule has 10 nitrogen and oxygen atoms in total. The van der Waals surface area contributed by atoms with Crippen LogP contribution in [0.5, 0.6) is 0 Å². The fourth-order valence-corrected chi connectivity index (χ4v) is 5.44. The highest BCUT2D eigenvalue weighted by molar-refractivity contribution is 6.00. The van der Waals surface area contributed by atoms with E-state index in [0.29, 0.717) is 19.4 Å². The Morgan fingerprint density at radius 1 is 1.07 bits per heavy atom. The van der Waals surface area contributed by atoms with Gasteiger partial charge in [-0.1, -0.05) is 66.7 Å². The van der Waals surface area contributed by atoms with E-state index in [9.17, 15) is 14.7 Å². The Morgan fingerprint density at radius 3 is 2.51 bits per heavy atom. The van der Waals surface area contributed by atoms with Gasteiger partial charge in [0.15, 0.2) is 0 Å². The molecule has 0 radical (unpaired) electrons. The highest BCUT2D eigenvalue weighted by atomic mass is 16.3. The van der Waals surface area contributed by atoms with Crippen LogP contribution in [0.15, 0.2) is 79.0 Å². The molecule has 1 aliphatic heterocycles. The number of benzene rings is 3. The second-order valence-corrected chi connectivity index (χ2v) is 11.6. The maximum absolute atomic E-state index is 14.0. The molecule has 2 amide bonds. The number of aliphatic hydroxyl groups is 2. The first-order valence-corrected chi connectivity index (χ1v) is 14.5. The van der Waals surface area contributed by atoms with Gasteiger partial charge in [0.05, 0.1) is 25.5 Å². The third kappa shape index (κ3) is 7.34. The molecule has 3 aromatic carbocycles. The number of amides is 2. The molecule has 5 N–H and O–H groups in total. The zero-order valence-corrected chi connectivity index (χ0v) is 24.5. The van der Waals surface area contributed by atoms with E-state index in [-0.39, 0.29) is 31.4 Å². The van der Waals surface area contributed by atoms with Crippen LogP contribution in [0.2, 0.25) is 0 Å². The minimum Gasteiger partial charge on any atom is -0.394 e. The van der Waals surface area contributed by atoms with Crippen molar-refractivity contribution in [1.29, 1.82) is 0 Å². The highest BCUT2D eigenvalue weighted by Gasteiger charge is 2.32. The third-order valence-corrected chi connectivity index (χ3v) is 7.74. The maximum atomic E-state index is 14.0. The minimum absolute atomic E-state index is 0.110. The second kappa shape index (κ2) is 13.3. The van der Waals surface area contributed by atoms with Crippen LogP contribution < -0.4 is 15.5 Å². The Morgan fingerprint density at radius 2 is 1.79 bits per heavy atom. The number of aromatic nitrogens is 3. The van der Waals surface area contributed by atoms with Gasteiger partial charge in [-0.3, -0.25) is 9.59 Å². The van der Waals surface area contributed by atoms with Crippen molar-refractivity contribution in [3.8, 4) is 22.4 Å². The molecule has 2 heterocycles. The molecular formula is C33H38N6O4. The predicted molar refractivity (Wildman–Crippen MR) is 165 cm³/mol. The largest absolute Gasteiger partial charge is 0.394 e. The Balaban J connectivity index is 1.33. The van der Waals surface area contributed by atoms with Crippen LogP contribution in [0.1, 0.15) is 37.8 Å². The number of para-hydroxylation sites is 1. The normalized spacial score (nSPS) is 16.0. The van der Waals surface area contributed by atoms with Gasteiger partial charge in [0, 0.05) is 29.8 Å². The van der Waals surface area contributed by atoms with E-state index >= 15 is 0 Å². The monoisotopic (exact) mass is 582 g/mol. The molecule has 0 saturated carbocycles. The predicted octanol–water partition coefficient (Wildman–Crippen LogP) is 3.21. The summed E-state index contributed by atoms with van der Waals surface area (Å²) in [5.41, 5.74) is 6.04. The first-order valence-electron chi connectivity index (χ1n) is 14.5. The Labute approximate surface area is 251 Å². The van der Waals surface area contributed by atoms with Gasteiger partial charge >= 0.3 is 0 Å². The fraction of sp³-hybridized carbons (Fsp3) is 0.333. The summed E-state index contributed by atoms with van der Waals surface area (Å²) in [5, 5.41) is 35.7. The van der Waals surface area contributed by atoms with Gasteiger partial charge < -0.3 is 25.7 Å². The van der Waals surface area contributed by atoms with E-state index in [4.69, 9.17) is 5.11 Å². The van der Waals surface area contributed by atoms with Crippen molar-refractivity contribution in [2.75, 3.05) is 18.1 Å². The van der Waals surface area contributed by atoms with Crippen molar-refractivity contribution in [3.63, 3.8) is 0 Å². The molecule has 10 heteroatoms. The topological polar surface area (TPSA) is 143 Å². The molecule has 2 atom stereocenters. The average Bonchev–Trinajstić information content (AvgIpc) is 3.52. The second-order valence-electron chi connectivity index (χ2n) is 11.6. The summed E-state index contributed by atoms with van der Waals surface area (Å²) in [6.07, 6.45) is 2.05. The number of hydrogen-bond donors (Lipinski definition) is 5. The molecule has 1 aliphatic rings. The number of carbonyl (C=O) groups is 2. The van der Waals surface area contributed by atoms with E-state index in [1.165, 1.54) is 0 Å². The molecule has 0 aliphatic carbocycles. The third-order valence-electron chi connectivity index (χ3n) is 7.74. The number of H-pyrrole nitrogens is 1. The molecule has 0 spiro atoms. The number of carbonyl (C=O) groups excluding carboxylic acids is 2. The Kier molecular flexibility index (Phi) is 9.30. The van der Waals surface area contributed by atoms with Crippen LogP contribution in [0.4, 0.5) is 5.69 Å². The number of nitrogens with zero attached hydrogens (tertiary/aromatic N) is 3. The number of hydrogen-bond acceptors (Lipinski definition) is 7. The van der Waals surface area contributed by atoms with E-state index in [2.05, 4.69) is 26.0 Å². The van der Waals surface area contributed by atoms with Crippen molar-refractivity contribution >= 4 is 17.5 Å². The fourth-order valence-electron chi connectivity index (χ4n) is 5.44. The van der Waals surface area contributed by atoms with E-state index in [1.54, 1.807) is 11.1 Å². The number of aliphatic hydroxyl groups excluding tert-OH is 2. The Hall–Kier alpha value is -4.38. The summed E-state index contributed by atoms with van der Waals surface area (Å²) in [6.45, 7) is 3.86. The van der Waals surface area contributed by atoms with Gasteiger partial charge in [0.2, 0.25) is 11.8 Å². The van der Waals surface area contributed by atoms with Crippen molar-refractivity contribution in [1.82, 2.24) is 26.0 Å². The van der Waals surface area contributed by atoms with E-state index in [0.717, 1.165) is 39.2 Å². The van der Waals surface area contributed by atoms with Crippen LogP contribution >= 0.6 is 0 Å². The average molecular weight is 583 g/mol. The zero-order chi connectivity index (χ0) is 30.4. The van der Waals surface area contributed by atoms with Crippen molar-refractivity contribution in [2.24, 2.45) is 0 Å². The summed E-state index contributed by atoms with van der Waals surface area (Å²) in [7, 11) is 0. The number of anilines is 1. The molecule has 43 heavy (non-hydrogen) atoms. The van der Waals surface area contributed by atoms with Crippen molar-refractivity contribution in [2.45, 2.75) is 57.3 Å². The van der Waals surface area contributed by atoms with Crippen LogP contribution in [0.25, 0.3) is 22.4 Å². The van der Waals surface area contributed by atoms with E-state index < -0.39 is 17.7 Å². The summed E-state index contributed by atoms with van der Waals surface area (Å²) in [4.78, 5) is 28.8. The summed E-state index contributed by atoms with van der Waals surface area (Å²) < 4.78 is 0. The quantitative estimate of drug-likeness (QED) is 0.183. The van der Waals surface area contributed by atoms with E-state index in [1.807, 2.05) is 86.6 Å². The molecular weight excluding hydrogens is 544 g/mol. The van der Waals surface area contributed by atoms with Gasteiger partial charge in [-0.25, -0.2) is 0 Å². The molecule has 0 saturated heterocycles. The molecule has 0 fully saturated rings. The first kappa shape index (κ1) is 30.1. The Bertz CT molecular complexity index is 1540. The van der Waals surface area contributed by atoms with Crippen molar-refractivity contribution < 1.29 is 19.8 Å². The van der Waals surface area contributed by atoms with Gasteiger partial charge in [0.1, 0.15) is 11.7 Å². The molecule has 224 valence electrons. The lowest BCUT2D eigenvalue weighted by Gasteiger charge is -2.29. The highest BCUT2D eigenvalue weighted by Crippen LogP contribution is 2.32. The van der Waals surface area contributed by atoms with Gasteiger partial charge in [-0.05, 0) is 55.0 Å². The number of aryl methyl sites for hydroxylation is 1. The summed E-state index contributed by atoms with van der Waals surface area (Å²) in [5.74, 6) is -0.407. The lowest BCUT2D eigenvalue weighted by molar-refractivity contribution is -0.128. The summed E-state index contributed by atoms with van der Waals surface area (Å²) >= 11 is 0. The molecule has 1 aromatic heterocycles. The van der Waals surface area contributed by atoms with Crippen LogP contribution in [-0.2, 0) is 22.6 Å². The first-order chi connectivity index (χ1) is 20.7. The molecule has 0 unspecified atom stereocenters. The number of aromatic amines is 1. The minimum atomic E-state index is -0.907. The van der Waals surface area contributed by atoms with Crippen LogP contribution in [0.3, 0.4) is 0 Å². The van der Waals surface area contributed by atoms with Gasteiger partial charge in [-0.15, -0.1) is 0 Å². The van der Waals surface area contributed by atoms with Crippen LogP contribution in [-0.4, -0.2) is 68.3 Å².